The van der Waals surface area contributed by atoms with Crippen molar-refractivity contribution in [2.24, 2.45) is 5.92 Å². The number of nitrogens with one attached hydrogen (secondary N) is 2. The maximum atomic E-state index is 12.5. The molecule has 2 rings (SSSR count). The predicted molar refractivity (Wildman–Crippen MR) is 123 cm³/mol. The second-order valence-electron chi connectivity index (χ2n) is 7.87. The molecule has 0 aliphatic heterocycles. The van der Waals surface area contributed by atoms with Gasteiger partial charge in [-0.2, -0.15) is 0 Å². The molecule has 0 unspecified atom stereocenters. The number of hydrogen-bond acceptors (Lipinski definition) is 6. The van der Waals surface area contributed by atoms with Gasteiger partial charge < -0.3 is 21.1 Å². The van der Waals surface area contributed by atoms with Crippen LogP contribution in [0, 0.1) is 5.92 Å². The minimum atomic E-state index is -0.499. The van der Waals surface area contributed by atoms with Crippen molar-refractivity contribution < 1.29 is 14.3 Å². The van der Waals surface area contributed by atoms with E-state index in [1.165, 1.54) is 5.56 Å². The average molecular weight is 432 g/mol. The summed E-state index contributed by atoms with van der Waals surface area (Å²) in [6.07, 6.45) is 0. The molecule has 0 radical (unpaired) electrons. The monoisotopic (exact) mass is 431 g/mol. The Kier molecular flexibility index (Phi) is 8.43. The van der Waals surface area contributed by atoms with Gasteiger partial charge in [-0.1, -0.05) is 52.0 Å². The van der Waals surface area contributed by atoms with Gasteiger partial charge in [0.2, 0.25) is 0 Å². The molecule has 7 heteroatoms. The molecule has 2 aromatic rings. The molecule has 0 aliphatic carbocycles. The molecule has 164 valence electrons. The first-order chi connectivity index (χ1) is 14.2. The highest BCUT2D eigenvalue weighted by molar-refractivity contribution is 7.18. The Bertz CT molecular complexity index is 873. The maximum absolute atomic E-state index is 12.5. The molecule has 1 heterocycles. The molecule has 0 bridgehead atoms. The van der Waals surface area contributed by atoms with E-state index in [1.807, 2.05) is 0 Å². The lowest BCUT2D eigenvalue weighted by molar-refractivity contribution is 0.0526. The van der Waals surface area contributed by atoms with Crippen molar-refractivity contribution in [2.45, 2.75) is 53.1 Å². The number of carbonyl (C=O) groups is 2. The molecule has 0 saturated carbocycles. The first-order valence-electron chi connectivity index (χ1n) is 10.3. The summed E-state index contributed by atoms with van der Waals surface area (Å²) in [7, 11) is 1.56. The van der Waals surface area contributed by atoms with E-state index >= 15 is 0 Å². The van der Waals surface area contributed by atoms with Crippen LogP contribution >= 0.6 is 11.3 Å². The van der Waals surface area contributed by atoms with Gasteiger partial charge >= 0.3 is 5.97 Å². The molecule has 1 aromatic carbocycles. The minimum absolute atomic E-state index is 0.0555. The first kappa shape index (κ1) is 23.9. The first-order valence-corrected chi connectivity index (χ1v) is 11.2. The lowest BCUT2D eigenvalue weighted by Crippen LogP contribution is -2.28. The summed E-state index contributed by atoms with van der Waals surface area (Å²) in [4.78, 5) is 25.3. The number of rotatable bonds is 9. The number of benzene rings is 1. The van der Waals surface area contributed by atoms with Crippen LogP contribution in [0.25, 0.3) is 0 Å². The number of amides is 1. The Morgan fingerprint density at radius 1 is 1.10 bits per heavy atom. The van der Waals surface area contributed by atoms with E-state index in [0.717, 1.165) is 16.9 Å². The SMILES string of the molecule is CCOC(=O)c1c(N)sc(C(=O)NC)c1CN[C@H](c1ccc(C(C)C)cc1)C(C)C. The van der Waals surface area contributed by atoms with Gasteiger partial charge in [0.25, 0.3) is 5.91 Å². The summed E-state index contributed by atoms with van der Waals surface area (Å²) in [6.45, 7) is 10.9. The Morgan fingerprint density at radius 2 is 1.70 bits per heavy atom. The summed E-state index contributed by atoms with van der Waals surface area (Å²) >= 11 is 1.11. The number of anilines is 1. The Labute approximate surface area is 183 Å². The van der Waals surface area contributed by atoms with Gasteiger partial charge in [0.05, 0.1) is 17.0 Å². The second kappa shape index (κ2) is 10.6. The van der Waals surface area contributed by atoms with Crippen molar-refractivity contribution in [3.8, 4) is 0 Å². The maximum Gasteiger partial charge on any atom is 0.341 e. The third-order valence-corrected chi connectivity index (χ3v) is 6.13. The molecule has 30 heavy (non-hydrogen) atoms. The van der Waals surface area contributed by atoms with Crippen LogP contribution in [-0.4, -0.2) is 25.5 Å². The van der Waals surface area contributed by atoms with Gasteiger partial charge in [0, 0.05) is 25.2 Å². The third-order valence-electron chi connectivity index (χ3n) is 5.07. The molecule has 1 atom stereocenters. The van der Waals surface area contributed by atoms with Crippen LogP contribution in [0.1, 0.15) is 83.3 Å². The second-order valence-corrected chi connectivity index (χ2v) is 8.92. The topological polar surface area (TPSA) is 93.5 Å². The summed E-state index contributed by atoms with van der Waals surface area (Å²) in [5.74, 6) is 0.0166. The standard InChI is InChI=1S/C23H33N3O3S/c1-7-29-23(28)18-17(20(22(27)25-6)30-21(18)24)12-26-19(14(4)5)16-10-8-15(9-11-16)13(2)3/h8-11,13-14,19,26H,7,12,24H2,1-6H3,(H,25,27)/t19-/m0/s1. The zero-order chi connectivity index (χ0) is 22.4. The van der Waals surface area contributed by atoms with Crippen LogP contribution in [0.15, 0.2) is 24.3 Å². The fourth-order valence-electron chi connectivity index (χ4n) is 3.42. The number of thiophene rings is 1. The average Bonchev–Trinajstić information content (AvgIpc) is 3.04. The van der Waals surface area contributed by atoms with Gasteiger partial charge in [0.1, 0.15) is 5.00 Å². The van der Waals surface area contributed by atoms with Crippen molar-refractivity contribution >= 4 is 28.2 Å². The number of ether oxygens (including phenoxy) is 1. The smallest absolute Gasteiger partial charge is 0.341 e. The fraction of sp³-hybridized carbons (Fsp3) is 0.478. The van der Waals surface area contributed by atoms with E-state index in [-0.39, 0.29) is 24.1 Å². The van der Waals surface area contributed by atoms with Crippen LogP contribution in [0.3, 0.4) is 0 Å². The molecule has 0 saturated heterocycles. The van der Waals surface area contributed by atoms with Crippen LogP contribution in [0.5, 0.6) is 0 Å². The molecule has 0 spiro atoms. The van der Waals surface area contributed by atoms with E-state index in [1.54, 1.807) is 14.0 Å². The summed E-state index contributed by atoms with van der Waals surface area (Å²) in [5, 5.41) is 6.46. The van der Waals surface area contributed by atoms with Crippen molar-refractivity contribution in [3.05, 3.63) is 51.4 Å². The van der Waals surface area contributed by atoms with E-state index in [4.69, 9.17) is 10.5 Å². The van der Waals surface area contributed by atoms with Crippen LogP contribution in [0.2, 0.25) is 0 Å². The van der Waals surface area contributed by atoms with Crippen LogP contribution < -0.4 is 16.4 Å². The largest absolute Gasteiger partial charge is 0.462 e. The van der Waals surface area contributed by atoms with Gasteiger partial charge in [-0.25, -0.2) is 4.79 Å². The number of esters is 1. The number of carbonyl (C=O) groups excluding carboxylic acids is 2. The summed E-state index contributed by atoms with van der Waals surface area (Å²) in [6, 6.07) is 8.64. The number of nitrogen functional groups attached to an aromatic ring is 1. The van der Waals surface area contributed by atoms with Crippen molar-refractivity contribution in [1.82, 2.24) is 10.6 Å². The minimum Gasteiger partial charge on any atom is -0.462 e. The number of hydrogen-bond donors (Lipinski definition) is 3. The van der Waals surface area contributed by atoms with Crippen LogP contribution in [0.4, 0.5) is 5.00 Å². The van der Waals surface area contributed by atoms with Crippen molar-refractivity contribution in [1.29, 1.82) is 0 Å². The Hall–Kier alpha value is -2.38. The fourth-order valence-corrected chi connectivity index (χ4v) is 4.44. The molecule has 1 amide bonds. The molecular weight excluding hydrogens is 398 g/mol. The molecule has 6 nitrogen and oxygen atoms in total. The highest BCUT2D eigenvalue weighted by atomic mass is 32.1. The summed E-state index contributed by atoms with van der Waals surface area (Å²) in [5.41, 5.74) is 9.42. The molecule has 4 N–H and O–H groups in total. The van der Waals surface area contributed by atoms with Gasteiger partial charge in [-0.3, -0.25) is 4.79 Å². The lowest BCUT2D eigenvalue weighted by atomic mass is 9.93. The van der Waals surface area contributed by atoms with E-state index in [0.29, 0.717) is 33.8 Å². The van der Waals surface area contributed by atoms with Gasteiger partial charge in [-0.15, -0.1) is 11.3 Å². The van der Waals surface area contributed by atoms with E-state index in [2.05, 4.69) is 62.6 Å². The summed E-state index contributed by atoms with van der Waals surface area (Å²) < 4.78 is 5.18. The van der Waals surface area contributed by atoms with Crippen LogP contribution in [-0.2, 0) is 11.3 Å². The molecule has 0 fully saturated rings. The van der Waals surface area contributed by atoms with Crippen molar-refractivity contribution in [2.75, 3.05) is 19.4 Å². The quantitative estimate of drug-likeness (QED) is 0.509. The lowest BCUT2D eigenvalue weighted by Gasteiger charge is -2.24. The molecule has 1 aromatic heterocycles. The zero-order valence-corrected chi connectivity index (χ0v) is 19.5. The van der Waals surface area contributed by atoms with Crippen molar-refractivity contribution in [3.63, 3.8) is 0 Å². The normalized spacial score (nSPS) is 12.3. The predicted octanol–water partition coefficient (Wildman–Crippen LogP) is 4.48. The molecular formula is C23H33N3O3S. The van der Waals surface area contributed by atoms with Gasteiger partial charge in [0.15, 0.2) is 0 Å². The third kappa shape index (κ3) is 5.40. The molecule has 0 aliphatic rings. The van der Waals surface area contributed by atoms with E-state index < -0.39 is 5.97 Å². The highest BCUT2D eigenvalue weighted by Crippen LogP contribution is 2.33. The highest BCUT2D eigenvalue weighted by Gasteiger charge is 2.27. The zero-order valence-electron chi connectivity index (χ0n) is 18.7. The Morgan fingerprint density at radius 3 is 2.20 bits per heavy atom. The number of nitrogens with two attached hydrogens (primary N) is 1. The van der Waals surface area contributed by atoms with E-state index in [9.17, 15) is 9.59 Å². The Balaban J connectivity index is 2.36. The van der Waals surface area contributed by atoms with Gasteiger partial charge in [-0.05, 0) is 29.9 Å².